The zero-order valence-electron chi connectivity index (χ0n) is 17.9. The van der Waals surface area contributed by atoms with Gasteiger partial charge >= 0.3 is 6.01 Å². The highest BCUT2D eigenvalue weighted by molar-refractivity contribution is 5.94. The van der Waals surface area contributed by atoms with Crippen LogP contribution < -0.4 is 14.8 Å². The fraction of sp³-hybridized carbons (Fsp3) is 0.115. The second kappa shape index (κ2) is 9.75. The number of aryl methyl sites for hydroxylation is 1. The first-order valence-corrected chi connectivity index (χ1v) is 10.2. The maximum absolute atomic E-state index is 12.4. The highest BCUT2D eigenvalue weighted by atomic mass is 16.5. The number of methoxy groups -OCH3 is 1. The Balaban J connectivity index is 1.36. The van der Waals surface area contributed by atoms with Crippen LogP contribution in [0.3, 0.4) is 0 Å². The van der Waals surface area contributed by atoms with E-state index in [1.54, 1.807) is 43.8 Å². The molecule has 3 aromatic carbocycles. The molecule has 4 rings (SSSR count). The number of rotatable bonds is 7. The van der Waals surface area contributed by atoms with E-state index in [1.807, 2.05) is 55.5 Å². The average Bonchev–Trinajstić information content (AvgIpc) is 2.84. The van der Waals surface area contributed by atoms with E-state index in [2.05, 4.69) is 15.3 Å². The SMILES string of the molecule is COc1ccc(Oc2ncc(-c3ccc(C(=O)NCc4ccc(C)cc4)cc3)cn2)cc1. The second-order valence-corrected chi connectivity index (χ2v) is 7.28. The summed E-state index contributed by atoms with van der Waals surface area (Å²) < 4.78 is 10.8. The fourth-order valence-electron chi connectivity index (χ4n) is 3.07. The van der Waals surface area contributed by atoms with Gasteiger partial charge in [0.2, 0.25) is 0 Å². The standard InChI is InChI=1S/C26H23N3O3/c1-18-3-5-19(6-4-18)15-27-25(30)21-9-7-20(8-10-21)22-16-28-26(29-17-22)32-24-13-11-23(31-2)12-14-24/h3-14,16-17H,15H2,1-2H3,(H,27,30). The Hall–Kier alpha value is -4.19. The van der Waals surface area contributed by atoms with Gasteiger partial charge in [0.25, 0.3) is 5.91 Å². The van der Waals surface area contributed by atoms with E-state index in [9.17, 15) is 4.79 Å². The van der Waals surface area contributed by atoms with Gasteiger partial charge in [-0.2, -0.15) is 0 Å². The lowest BCUT2D eigenvalue weighted by Gasteiger charge is -2.08. The van der Waals surface area contributed by atoms with Crippen molar-refractivity contribution in [3.05, 3.63) is 102 Å². The van der Waals surface area contributed by atoms with Gasteiger partial charge in [-0.1, -0.05) is 42.0 Å². The molecule has 0 radical (unpaired) electrons. The molecule has 0 bridgehead atoms. The molecule has 1 aromatic heterocycles. The predicted molar refractivity (Wildman–Crippen MR) is 123 cm³/mol. The van der Waals surface area contributed by atoms with Crippen LogP contribution >= 0.6 is 0 Å². The zero-order chi connectivity index (χ0) is 22.3. The number of carbonyl (C=O) groups is 1. The van der Waals surface area contributed by atoms with Gasteiger partial charge in [-0.15, -0.1) is 0 Å². The average molecular weight is 425 g/mol. The number of nitrogens with one attached hydrogen (secondary N) is 1. The van der Waals surface area contributed by atoms with Gasteiger partial charge in [0.15, 0.2) is 0 Å². The first-order valence-electron chi connectivity index (χ1n) is 10.2. The van der Waals surface area contributed by atoms with Gasteiger partial charge in [-0.3, -0.25) is 4.79 Å². The summed E-state index contributed by atoms with van der Waals surface area (Å²) >= 11 is 0. The summed E-state index contributed by atoms with van der Waals surface area (Å²) in [4.78, 5) is 21.0. The lowest BCUT2D eigenvalue weighted by molar-refractivity contribution is 0.0951. The number of hydrogen-bond acceptors (Lipinski definition) is 5. The third-order valence-electron chi connectivity index (χ3n) is 4.95. The highest BCUT2D eigenvalue weighted by Gasteiger charge is 2.07. The molecule has 160 valence electrons. The van der Waals surface area contributed by atoms with Crippen LogP contribution in [0, 0.1) is 6.92 Å². The minimum Gasteiger partial charge on any atom is -0.497 e. The number of aromatic nitrogens is 2. The Bertz CT molecular complexity index is 1170. The minimum absolute atomic E-state index is 0.114. The van der Waals surface area contributed by atoms with Gasteiger partial charge in [0.05, 0.1) is 7.11 Å². The summed E-state index contributed by atoms with van der Waals surface area (Å²) in [5.74, 6) is 1.26. The van der Waals surface area contributed by atoms with E-state index in [0.29, 0.717) is 17.9 Å². The van der Waals surface area contributed by atoms with Gasteiger partial charge in [0, 0.05) is 30.1 Å². The lowest BCUT2D eigenvalue weighted by Crippen LogP contribution is -2.22. The van der Waals surface area contributed by atoms with Gasteiger partial charge in [-0.25, -0.2) is 9.97 Å². The normalized spacial score (nSPS) is 10.4. The molecule has 1 amide bonds. The van der Waals surface area contributed by atoms with Gasteiger partial charge in [0.1, 0.15) is 11.5 Å². The molecule has 0 saturated carbocycles. The van der Waals surface area contributed by atoms with E-state index >= 15 is 0 Å². The fourth-order valence-corrected chi connectivity index (χ4v) is 3.07. The Morgan fingerprint density at radius 2 is 1.44 bits per heavy atom. The molecule has 0 aliphatic rings. The predicted octanol–water partition coefficient (Wildman–Crippen LogP) is 5.18. The summed E-state index contributed by atoms with van der Waals surface area (Å²) in [6, 6.07) is 22.9. The Morgan fingerprint density at radius 3 is 2.06 bits per heavy atom. The van der Waals surface area contributed by atoms with E-state index in [4.69, 9.17) is 9.47 Å². The van der Waals surface area contributed by atoms with Crippen LogP contribution in [0.25, 0.3) is 11.1 Å². The molecule has 0 aliphatic heterocycles. The molecule has 0 atom stereocenters. The van der Waals surface area contributed by atoms with Crippen molar-refractivity contribution >= 4 is 5.91 Å². The van der Waals surface area contributed by atoms with E-state index in [0.717, 1.165) is 22.4 Å². The van der Waals surface area contributed by atoms with Crippen LogP contribution in [0.4, 0.5) is 0 Å². The van der Waals surface area contributed by atoms with Crippen LogP contribution in [-0.2, 0) is 6.54 Å². The third-order valence-corrected chi connectivity index (χ3v) is 4.95. The number of ether oxygens (including phenoxy) is 2. The zero-order valence-corrected chi connectivity index (χ0v) is 17.9. The van der Waals surface area contributed by atoms with E-state index in [-0.39, 0.29) is 11.9 Å². The summed E-state index contributed by atoms with van der Waals surface area (Å²) in [6.45, 7) is 2.53. The van der Waals surface area contributed by atoms with Crippen LogP contribution in [-0.4, -0.2) is 23.0 Å². The molecule has 0 fully saturated rings. The second-order valence-electron chi connectivity index (χ2n) is 7.28. The van der Waals surface area contributed by atoms with Crippen molar-refractivity contribution in [1.29, 1.82) is 0 Å². The molecule has 1 N–H and O–H groups in total. The summed E-state index contributed by atoms with van der Waals surface area (Å²) in [5, 5.41) is 2.94. The smallest absolute Gasteiger partial charge is 0.321 e. The maximum Gasteiger partial charge on any atom is 0.321 e. The molecule has 0 unspecified atom stereocenters. The minimum atomic E-state index is -0.114. The molecule has 6 heteroatoms. The van der Waals surface area contributed by atoms with Crippen molar-refractivity contribution in [2.45, 2.75) is 13.5 Å². The first kappa shape index (κ1) is 21.1. The van der Waals surface area contributed by atoms with Gasteiger partial charge in [-0.05, 0) is 54.4 Å². The number of hydrogen-bond donors (Lipinski definition) is 1. The van der Waals surface area contributed by atoms with E-state index < -0.39 is 0 Å². The molecule has 4 aromatic rings. The lowest BCUT2D eigenvalue weighted by atomic mass is 10.1. The van der Waals surface area contributed by atoms with Crippen LogP contribution in [0.5, 0.6) is 17.5 Å². The van der Waals surface area contributed by atoms with Crippen LogP contribution in [0.2, 0.25) is 0 Å². The molecule has 0 spiro atoms. The number of nitrogens with zero attached hydrogens (tertiary/aromatic N) is 2. The molecular weight excluding hydrogens is 402 g/mol. The van der Waals surface area contributed by atoms with Crippen molar-refractivity contribution in [2.75, 3.05) is 7.11 Å². The van der Waals surface area contributed by atoms with Crippen molar-refractivity contribution in [1.82, 2.24) is 15.3 Å². The first-order chi connectivity index (χ1) is 15.6. The highest BCUT2D eigenvalue weighted by Crippen LogP contribution is 2.23. The topological polar surface area (TPSA) is 73.3 Å². The monoisotopic (exact) mass is 425 g/mol. The number of carbonyl (C=O) groups excluding carboxylic acids is 1. The van der Waals surface area contributed by atoms with Crippen LogP contribution in [0.15, 0.2) is 85.2 Å². The largest absolute Gasteiger partial charge is 0.497 e. The molecule has 6 nitrogen and oxygen atoms in total. The molecule has 0 aliphatic carbocycles. The van der Waals surface area contributed by atoms with Crippen LogP contribution in [0.1, 0.15) is 21.5 Å². The number of amides is 1. The molecule has 32 heavy (non-hydrogen) atoms. The number of benzene rings is 3. The maximum atomic E-state index is 12.4. The summed E-state index contributed by atoms with van der Waals surface area (Å²) in [5.41, 5.74) is 4.60. The third kappa shape index (κ3) is 5.29. The molecule has 1 heterocycles. The Labute approximate surface area is 186 Å². The van der Waals surface area contributed by atoms with Crippen molar-refractivity contribution < 1.29 is 14.3 Å². The van der Waals surface area contributed by atoms with Crippen molar-refractivity contribution in [3.63, 3.8) is 0 Å². The van der Waals surface area contributed by atoms with E-state index in [1.165, 1.54) is 5.56 Å². The molecule has 0 saturated heterocycles. The molecular formula is C26H23N3O3. The summed E-state index contributed by atoms with van der Waals surface area (Å²) in [7, 11) is 1.61. The Kier molecular flexibility index (Phi) is 6.41. The summed E-state index contributed by atoms with van der Waals surface area (Å²) in [6.07, 6.45) is 3.39. The van der Waals surface area contributed by atoms with Gasteiger partial charge < -0.3 is 14.8 Å². The quantitative estimate of drug-likeness (QED) is 0.441. The van der Waals surface area contributed by atoms with Crippen molar-refractivity contribution in [2.24, 2.45) is 0 Å². The Morgan fingerprint density at radius 1 is 0.812 bits per heavy atom. The van der Waals surface area contributed by atoms with Crippen molar-refractivity contribution in [3.8, 4) is 28.6 Å².